The van der Waals surface area contributed by atoms with Gasteiger partial charge in [0.15, 0.2) is 0 Å². The van der Waals surface area contributed by atoms with Gasteiger partial charge in [-0.3, -0.25) is 9.59 Å². The van der Waals surface area contributed by atoms with Gasteiger partial charge in [0.1, 0.15) is 5.69 Å². The Morgan fingerprint density at radius 1 is 1.13 bits per heavy atom. The number of pyridine rings is 1. The highest BCUT2D eigenvalue weighted by molar-refractivity contribution is 6.06. The molecule has 1 fully saturated rings. The number of fused-ring (bicyclic) bond motifs is 1. The number of nitrogens with one attached hydrogen (secondary N) is 1. The molecule has 1 aromatic heterocycles. The molecule has 31 heavy (non-hydrogen) atoms. The number of hydrogen-bond acceptors (Lipinski definition) is 5. The fraction of sp³-hybridized carbons (Fsp3) is 0.292. The summed E-state index contributed by atoms with van der Waals surface area (Å²) in [6, 6.07) is 16.2. The Kier molecular flexibility index (Phi) is 6.13. The Bertz CT molecular complexity index is 1110. The molecule has 2 amide bonds. The molecule has 7 nitrogen and oxygen atoms in total. The van der Waals surface area contributed by atoms with Crippen molar-refractivity contribution in [1.82, 2.24) is 9.88 Å². The first-order valence-corrected chi connectivity index (χ1v) is 10.3. The van der Waals surface area contributed by atoms with Gasteiger partial charge < -0.3 is 20.1 Å². The third-order valence-electron chi connectivity index (χ3n) is 5.66. The molecule has 2 N–H and O–H groups in total. The van der Waals surface area contributed by atoms with Crippen LogP contribution in [0.5, 0.6) is 5.88 Å². The topological polar surface area (TPSA) is 91.8 Å². The number of carbonyl (C=O) groups excluding carboxylic acids is 2. The predicted octanol–water partition coefficient (Wildman–Crippen LogP) is 3.34. The molecule has 1 aliphatic rings. The molecule has 0 radical (unpaired) electrons. The lowest BCUT2D eigenvalue weighted by Crippen LogP contribution is -2.39. The van der Waals surface area contributed by atoms with E-state index in [1.54, 1.807) is 35.2 Å². The zero-order chi connectivity index (χ0) is 21.8. The molecule has 7 heteroatoms. The van der Waals surface area contributed by atoms with E-state index in [-0.39, 0.29) is 30.0 Å². The fourth-order valence-corrected chi connectivity index (χ4v) is 3.87. The molecule has 2 aromatic carbocycles. The minimum absolute atomic E-state index is 0.0713. The lowest BCUT2D eigenvalue weighted by Gasteiger charge is -2.31. The van der Waals surface area contributed by atoms with Crippen LogP contribution in [0.1, 0.15) is 33.7 Å². The molecule has 0 spiro atoms. The molecule has 4 rings (SSSR count). The second kappa shape index (κ2) is 9.14. The predicted molar refractivity (Wildman–Crippen MR) is 118 cm³/mol. The SMILES string of the molecule is COc1nc(C(=O)Nc2cccc(C(=O)N3CCC(CO)CC3)c2)cc2ccccc12. The smallest absolute Gasteiger partial charge is 0.274 e. The summed E-state index contributed by atoms with van der Waals surface area (Å²) in [6.07, 6.45) is 1.60. The number of aliphatic hydroxyl groups is 1. The van der Waals surface area contributed by atoms with Crippen LogP contribution in [-0.2, 0) is 0 Å². The molecule has 2 heterocycles. The Labute approximate surface area is 180 Å². The van der Waals surface area contributed by atoms with E-state index in [0.29, 0.717) is 30.2 Å². The summed E-state index contributed by atoms with van der Waals surface area (Å²) in [4.78, 5) is 31.8. The first-order valence-electron chi connectivity index (χ1n) is 10.3. The van der Waals surface area contributed by atoms with Gasteiger partial charge in [0.2, 0.25) is 5.88 Å². The molecule has 0 atom stereocenters. The molecule has 3 aromatic rings. The average Bonchev–Trinajstić information content (AvgIpc) is 2.83. The number of nitrogens with zero attached hydrogens (tertiary/aromatic N) is 2. The number of anilines is 1. The molecule has 1 saturated heterocycles. The van der Waals surface area contributed by atoms with E-state index in [0.717, 1.165) is 23.6 Å². The Morgan fingerprint density at radius 2 is 1.90 bits per heavy atom. The van der Waals surface area contributed by atoms with Crippen molar-refractivity contribution >= 4 is 28.3 Å². The van der Waals surface area contributed by atoms with Crippen LogP contribution in [0.2, 0.25) is 0 Å². The number of aromatic nitrogens is 1. The summed E-state index contributed by atoms with van der Waals surface area (Å²) in [5, 5.41) is 13.8. The molecule has 0 aliphatic carbocycles. The van der Waals surface area contributed by atoms with E-state index in [1.165, 1.54) is 7.11 Å². The highest BCUT2D eigenvalue weighted by Crippen LogP contribution is 2.25. The molecule has 0 saturated carbocycles. The largest absolute Gasteiger partial charge is 0.481 e. The van der Waals surface area contributed by atoms with Crippen molar-refractivity contribution < 1.29 is 19.4 Å². The van der Waals surface area contributed by atoms with Crippen molar-refractivity contribution in [1.29, 1.82) is 0 Å². The van der Waals surface area contributed by atoms with Crippen molar-refractivity contribution in [2.75, 3.05) is 32.1 Å². The third kappa shape index (κ3) is 4.51. The van der Waals surface area contributed by atoms with Crippen LogP contribution in [0.3, 0.4) is 0 Å². The van der Waals surface area contributed by atoms with Gasteiger partial charge in [-0.2, -0.15) is 0 Å². The number of benzene rings is 2. The summed E-state index contributed by atoms with van der Waals surface area (Å²) >= 11 is 0. The van der Waals surface area contributed by atoms with Gasteiger partial charge >= 0.3 is 0 Å². The van der Waals surface area contributed by atoms with Crippen molar-refractivity contribution in [3.8, 4) is 5.88 Å². The van der Waals surface area contributed by atoms with E-state index in [9.17, 15) is 14.7 Å². The van der Waals surface area contributed by atoms with Crippen LogP contribution in [0, 0.1) is 5.92 Å². The quantitative estimate of drug-likeness (QED) is 0.662. The van der Waals surface area contributed by atoms with E-state index in [2.05, 4.69) is 10.3 Å². The van der Waals surface area contributed by atoms with E-state index in [4.69, 9.17) is 4.74 Å². The van der Waals surface area contributed by atoms with Crippen LogP contribution in [-0.4, -0.2) is 53.6 Å². The maximum absolute atomic E-state index is 12.9. The van der Waals surface area contributed by atoms with Crippen molar-refractivity contribution in [2.45, 2.75) is 12.8 Å². The third-order valence-corrected chi connectivity index (χ3v) is 5.66. The number of rotatable bonds is 5. The molecular weight excluding hydrogens is 394 g/mol. The first-order chi connectivity index (χ1) is 15.1. The van der Waals surface area contributed by atoms with Crippen LogP contribution < -0.4 is 10.1 Å². The van der Waals surface area contributed by atoms with Gasteiger partial charge in [-0.1, -0.05) is 24.3 Å². The van der Waals surface area contributed by atoms with E-state index in [1.807, 2.05) is 24.3 Å². The summed E-state index contributed by atoms with van der Waals surface area (Å²) in [5.41, 5.74) is 1.28. The van der Waals surface area contributed by atoms with Gasteiger partial charge in [0.25, 0.3) is 11.8 Å². The number of ether oxygens (including phenoxy) is 1. The highest BCUT2D eigenvalue weighted by Gasteiger charge is 2.23. The van der Waals surface area contributed by atoms with Crippen molar-refractivity contribution in [3.05, 3.63) is 65.9 Å². The number of amides is 2. The number of methoxy groups -OCH3 is 1. The monoisotopic (exact) mass is 419 g/mol. The lowest BCUT2D eigenvalue weighted by molar-refractivity contribution is 0.0650. The number of likely N-dealkylation sites (tertiary alicyclic amines) is 1. The molecule has 0 bridgehead atoms. The van der Waals surface area contributed by atoms with Crippen molar-refractivity contribution in [2.24, 2.45) is 5.92 Å². The average molecular weight is 419 g/mol. The zero-order valence-corrected chi connectivity index (χ0v) is 17.4. The minimum Gasteiger partial charge on any atom is -0.481 e. The maximum Gasteiger partial charge on any atom is 0.274 e. The summed E-state index contributed by atoms with van der Waals surface area (Å²) in [6.45, 7) is 1.42. The number of carbonyl (C=O) groups is 2. The molecule has 0 unspecified atom stereocenters. The highest BCUT2D eigenvalue weighted by atomic mass is 16.5. The summed E-state index contributed by atoms with van der Waals surface area (Å²) in [5.74, 6) is 0.204. The zero-order valence-electron chi connectivity index (χ0n) is 17.4. The molecular formula is C24H25N3O4. The first kappa shape index (κ1) is 20.8. The Hall–Kier alpha value is -3.45. The molecule has 1 aliphatic heterocycles. The number of hydrogen-bond donors (Lipinski definition) is 2. The van der Waals surface area contributed by atoms with Gasteiger partial charge in [0.05, 0.1) is 7.11 Å². The van der Waals surface area contributed by atoms with Crippen molar-refractivity contribution in [3.63, 3.8) is 0 Å². The van der Waals surface area contributed by atoms with E-state index >= 15 is 0 Å². The normalized spacial score (nSPS) is 14.5. The van der Waals surface area contributed by atoms with Gasteiger partial charge in [-0.15, -0.1) is 0 Å². The Balaban J connectivity index is 1.51. The van der Waals surface area contributed by atoms with E-state index < -0.39 is 0 Å². The maximum atomic E-state index is 12.9. The summed E-state index contributed by atoms with van der Waals surface area (Å²) < 4.78 is 5.34. The van der Waals surface area contributed by atoms with Gasteiger partial charge in [-0.05, 0) is 54.5 Å². The standard InChI is InChI=1S/C24H25N3O4/c1-31-23-20-8-3-2-5-17(20)14-21(26-23)22(29)25-19-7-4-6-18(13-19)24(30)27-11-9-16(15-28)10-12-27/h2-8,13-14,16,28H,9-12,15H2,1H3,(H,25,29). The lowest BCUT2D eigenvalue weighted by atomic mass is 9.97. The fourth-order valence-electron chi connectivity index (χ4n) is 3.87. The summed E-state index contributed by atoms with van der Waals surface area (Å²) in [7, 11) is 1.52. The second-order valence-electron chi connectivity index (χ2n) is 7.69. The van der Waals surface area contributed by atoms with Crippen LogP contribution in [0.15, 0.2) is 54.6 Å². The van der Waals surface area contributed by atoms with Crippen LogP contribution in [0.25, 0.3) is 10.8 Å². The minimum atomic E-state index is -0.377. The molecule has 160 valence electrons. The van der Waals surface area contributed by atoms with Crippen LogP contribution in [0.4, 0.5) is 5.69 Å². The number of piperidine rings is 1. The number of aliphatic hydroxyl groups excluding tert-OH is 1. The second-order valence-corrected chi connectivity index (χ2v) is 7.69. The van der Waals surface area contributed by atoms with Gasteiger partial charge in [-0.25, -0.2) is 4.98 Å². The Morgan fingerprint density at radius 3 is 2.65 bits per heavy atom. The van der Waals surface area contributed by atoms with Gasteiger partial charge in [0, 0.05) is 36.3 Å². The van der Waals surface area contributed by atoms with Crippen LogP contribution >= 0.6 is 0 Å².